The first kappa shape index (κ1) is 17.4. The van der Waals surface area contributed by atoms with E-state index in [1.165, 1.54) is 18.2 Å². The molecule has 1 aromatic carbocycles. The van der Waals surface area contributed by atoms with Crippen molar-refractivity contribution in [1.29, 1.82) is 0 Å². The first-order valence-corrected chi connectivity index (χ1v) is 9.00. The summed E-state index contributed by atoms with van der Waals surface area (Å²) in [6.07, 6.45) is 0. The fourth-order valence-corrected chi connectivity index (χ4v) is 3.88. The minimum atomic E-state index is -0.612. The summed E-state index contributed by atoms with van der Waals surface area (Å²) < 4.78 is 19.3. The Morgan fingerprint density at radius 2 is 2.12 bits per heavy atom. The molecule has 2 heterocycles. The van der Waals surface area contributed by atoms with Gasteiger partial charge in [-0.15, -0.1) is 11.3 Å². The average molecular weight is 369 g/mol. The van der Waals surface area contributed by atoms with Gasteiger partial charge in [0.1, 0.15) is 5.82 Å². The van der Waals surface area contributed by atoms with E-state index in [9.17, 15) is 9.18 Å². The monoisotopic (exact) mass is 368 g/mol. The number of carbonyl (C=O) groups is 1. The van der Waals surface area contributed by atoms with Crippen molar-refractivity contribution in [3.8, 4) is 0 Å². The predicted molar refractivity (Wildman–Crippen MR) is 93.2 cm³/mol. The van der Waals surface area contributed by atoms with Gasteiger partial charge < -0.3 is 10.1 Å². The molecular weight excluding hydrogens is 351 g/mol. The maximum atomic E-state index is 13.9. The number of benzene rings is 1. The van der Waals surface area contributed by atoms with E-state index in [-0.39, 0.29) is 16.6 Å². The highest BCUT2D eigenvalue weighted by atomic mass is 35.5. The Kier molecular flexibility index (Phi) is 5.84. The van der Waals surface area contributed by atoms with Gasteiger partial charge in [0.2, 0.25) is 0 Å². The predicted octanol–water partition coefficient (Wildman–Crippen LogP) is 3.34. The zero-order chi connectivity index (χ0) is 16.9. The molecule has 1 amide bonds. The first-order valence-electron chi connectivity index (χ1n) is 7.74. The third-order valence-electron chi connectivity index (χ3n) is 4.00. The van der Waals surface area contributed by atoms with E-state index in [0.717, 1.165) is 18.0 Å². The van der Waals surface area contributed by atoms with Gasteiger partial charge in [-0.2, -0.15) is 0 Å². The molecule has 2 aromatic rings. The van der Waals surface area contributed by atoms with Gasteiger partial charge >= 0.3 is 0 Å². The second-order valence-electron chi connectivity index (χ2n) is 5.49. The summed E-state index contributed by atoms with van der Waals surface area (Å²) in [6.45, 7) is 3.35. The maximum absolute atomic E-state index is 13.9. The van der Waals surface area contributed by atoms with Crippen molar-refractivity contribution < 1.29 is 13.9 Å². The first-order chi connectivity index (χ1) is 11.7. The van der Waals surface area contributed by atoms with Crippen LogP contribution in [0.4, 0.5) is 4.39 Å². The molecule has 24 heavy (non-hydrogen) atoms. The molecule has 7 heteroatoms. The Hall–Kier alpha value is -1.47. The van der Waals surface area contributed by atoms with Crippen LogP contribution in [0.5, 0.6) is 0 Å². The zero-order valence-electron chi connectivity index (χ0n) is 13.0. The third-order valence-corrected chi connectivity index (χ3v) is 5.29. The molecule has 1 unspecified atom stereocenters. The number of halogens is 2. The molecule has 1 N–H and O–H groups in total. The zero-order valence-corrected chi connectivity index (χ0v) is 14.6. The average Bonchev–Trinajstić information content (AvgIpc) is 3.10. The SMILES string of the molecule is O=C(NCC(c1cccs1)N1CCOCC1)c1c(F)cccc1Cl. The molecule has 0 bridgehead atoms. The number of nitrogens with one attached hydrogen (secondary N) is 1. The minimum absolute atomic E-state index is 0.0448. The molecule has 0 spiro atoms. The van der Waals surface area contributed by atoms with Crippen LogP contribution in [0.25, 0.3) is 0 Å². The minimum Gasteiger partial charge on any atom is -0.379 e. The molecule has 1 atom stereocenters. The summed E-state index contributed by atoms with van der Waals surface area (Å²) in [5.74, 6) is -1.10. The Balaban J connectivity index is 1.72. The summed E-state index contributed by atoms with van der Waals surface area (Å²) in [5, 5.41) is 4.96. The molecule has 1 fully saturated rings. The van der Waals surface area contributed by atoms with Crippen LogP contribution in [-0.2, 0) is 4.74 Å². The lowest BCUT2D eigenvalue weighted by Crippen LogP contribution is -2.43. The van der Waals surface area contributed by atoms with Gasteiger partial charge in [0, 0.05) is 24.5 Å². The van der Waals surface area contributed by atoms with Crippen LogP contribution in [-0.4, -0.2) is 43.7 Å². The number of amides is 1. The molecule has 4 nitrogen and oxygen atoms in total. The summed E-state index contributed by atoms with van der Waals surface area (Å²) in [6, 6.07) is 8.31. The highest BCUT2D eigenvalue weighted by molar-refractivity contribution is 7.10. The number of hydrogen-bond acceptors (Lipinski definition) is 4. The van der Waals surface area contributed by atoms with E-state index in [0.29, 0.717) is 19.8 Å². The van der Waals surface area contributed by atoms with Gasteiger partial charge in [-0.3, -0.25) is 9.69 Å². The summed E-state index contributed by atoms with van der Waals surface area (Å²) in [5.41, 5.74) is -0.105. The van der Waals surface area contributed by atoms with Crippen LogP contribution in [0, 0.1) is 5.82 Å². The van der Waals surface area contributed by atoms with E-state index in [4.69, 9.17) is 16.3 Å². The van der Waals surface area contributed by atoms with Crippen molar-refractivity contribution >= 4 is 28.8 Å². The van der Waals surface area contributed by atoms with Gasteiger partial charge in [0.15, 0.2) is 0 Å². The van der Waals surface area contributed by atoms with Crippen molar-refractivity contribution in [2.24, 2.45) is 0 Å². The molecule has 128 valence electrons. The summed E-state index contributed by atoms with van der Waals surface area (Å²) in [4.78, 5) is 15.8. The van der Waals surface area contributed by atoms with Gasteiger partial charge in [-0.25, -0.2) is 4.39 Å². The van der Waals surface area contributed by atoms with Crippen LogP contribution >= 0.6 is 22.9 Å². The molecule has 0 aliphatic carbocycles. The van der Waals surface area contributed by atoms with Crippen molar-refractivity contribution in [3.63, 3.8) is 0 Å². The second kappa shape index (κ2) is 8.07. The molecule has 1 saturated heterocycles. The van der Waals surface area contributed by atoms with Crippen LogP contribution in [0.3, 0.4) is 0 Å². The van der Waals surface area contributed by atoms with E-state index >= 15 is 0 Å². The standard InChI is InChI=1S/C17H18ClFN2O2S/c18-12-3-1-4-13(19)16(12)17(22)20-11-14(15-5-2-10-24-15)21-6-8-23-9-7-21/h1-5,10,14H,6-9,11H2,(H,20,22). The fraction of sp³-hybridized carbons (Fsp3) is 0.353. The van der Waals surface area contributed by atoms with E-state index < -0.39 is 11.7 Å². The molecule has 1 aliphatic rings. The number of ether oxygens (including phenoxy) is 1. The van der Waals surface area contributed by atoms with Gasteiger partial charge in [-0.05, 0) is 23.6 Å². The molecular formula is C17H18ClFN2O2S. The van der Waals surface area contributed by atoms with E-state index in [2.05, 4.69) is 10.2 Å². The quantitative estimate of drug-likeness (QED) is 0.880. The normalized spacial score (nSPS) is 16.8. The lowest BCUT2D eigenvalue weighted by molar-refractivity contribution is 0.0169. The van der Waals surface area contributed by atoms with Crippen molar-refractivity contribution in [3.05, 3.63) is 57.0 Å². The smallest absolute Gasteiger partial charge is 0.255 e. The number of rotatable bonds is 5. The Morgan fingerprint density at radius 3 is 2.79 bits per heavy atom. The van der Waals surface area contributed by atoms with Crippen LogP contribution < -0.4 is 5.32 Å². The topological polar surface area (TPSA) is 41.6 Å². The summed E-state index contributed by atoms with van der Waals surface area (Å²) in [7, 11) is 0. The number of morpholine rings is 1. The Morgan fingerprint density at radius 1 is 1.33 bits per heavy atom. The molecule has 1 aromatic heterocycles. The highest BCUT2D eigenvalue weighted by Gasteiger charge is 2.25. The molecule has 0 radical (unpaired) electrons. The number of hydrogen-bond donors (Lipinski definition) is 1. The van der Waals surface area contributed by atoms with Crippen molar-refractivity contribution in [1.82, 2.24) is 10.2 Å². The second-order valence-corrected chi connectivity index (χ2v) is 6.87. The summed E-state index contributed by atoms with van der Waals surface area (Å²) >= 11 is 7.61. The van der Waals surface area contributed by atoms with Crippen LogP contribution in [0.15, 0.2) is 35.7 Å². The van der Waals surface area contributed by atoms with E-state index in [1.54, 1.807) is 11.3 Å². The lowest BCUT2D eigenvalue weighted by Gasteiger charge is -2.34. The number of carbonyl (C=O) groups excluding carboxylic acids is 1. The van der Waals surface area contributed by atoms with Gasteiger partial charge in [-0.1, -0.05) is 23.7 Å². The Bertz CT molecular complexity index is 670. The molecule has 1 aliphatic heterocycles. The van der Waals surface area contributed by atoms with Gasteiger partial charge in [0.05, 0.1) is 29.8 Å². The van der Waals surface area contributed by atoms with E-state index in [1.807, 2.05) is 17.5 Å². The number of thiophene rings is 1. The highest BCUT2D eigenvalue weighted by Crippen LogP contribution is 2.26. The van der Waals surface area contributed by atoms with Gasteiger partial charge in [0.25, 0.3) is 5.91 Å². The van der Waals surface area contributed by atoms with Crippen molar-refractivity contribution in [2.75, 3.05) is 32.8 Å². The van der Waals surface area contributed by atoms with Crippen LogP contribution in [0.1, 0.15) is 21.3 Å². The lowest BCUT2D eigenvalue weighted by atomic mass is 10.1. The fourth-order valence-electron chi connectivity index (χ4n) is 2.77. The van der Waals surface area contributed by atoms with Crippen LogP contribution in [0.2, 0.25) is 5.02 Å². The number of nitrogens with zero attached hydrogens (tertiary/aromatic N) is 1. The Labute approximate surface area is 149 Å². The molecule has 3 rings (SSSR count). The third kappa shape index (κ3) is 3.95. The molecule has 0 saturated carbocycles. The maximum Gasteiger partial charge on any atom is 0.255 e. The van der Waals surface area contributed by atoms with Crippen molar-refractivity contribution in [2.45, 2.75) is 6.04 Å². The largest absolute Gasteiger partial charge is 0.379 e.